The summed E-state index contributed by atoms with van der Waals surface area (Å²) in [5, 5.41) is 4.13. The lowest BCUT2D eigenvalue weighted by molar-refractivity contribution is -0.123. The van der Waals surface area contributed by atoms with E-state index in [1.807, 2.05) is 5.32 Å². The van der Waals surface area contributed by atoms with Crippen LogP contribution in [-0.2, 0) is 19.6 Å². The molecule has 3 amide bonds. The van der Waals surface area contributed by atoms with Crippen molar-refractivity contribution in [3.63, 3.8) is 0 Å². The fraction of sp³-hybridized carbons (Fsp3) is 0.118. The third-order valence-corrected chi connectivity index (χ3v) is 5.24. The quantitative estimate of drug-likeness (QED) is 0.553. The SMILES string of the molecule is CNC(=O)NC(=O)COC(=O)c1ccc(NS(=O)(=O)c2ccc(Br)cc2)cc1. The zero-order valence-corrected chi connectivity index (χ0v) is 17.0. The van der Waals surface area contributed by atoms with Gasteiger partial charge in [-0.05, 0) is 48.5 Å². The summed E-state index contributed by atoms with van der Waals surface area (Å²) in [5.74, 6) is -1.58. The fourth-order valence-corrected chi connectivity index (χ4v) is 3.26. The minimum absolute atomic E-state index is 0.0846. The predicted molar refractivity (Wildman–Crippen MR) is 104 cm³/mol. The Morgan fingerprint density at radius 2 is 1.61 bits per heavy atom. The highest BCUT2D eigenvalue weighted by Gasteiger charge is 2.15. The van der Waals surface area contributed by atoms with Gasteiger partial charge in [-0.3, -0.25) is 14.8 Å². The Hall–Kier alpha value is -2.92. The fourth-order valence-electron chi connectivity index (χ4n) is 1.94. The van der Waals surface area contributed by atoms with Crippen molar-refractivity contribution in [1.82, 2.24) is 10.6 Å². The average molecular weight is 470 g/mol. The number of hydrogen-bond donors (Lipinski definition) is 3. The van der Waals surface area contributed by atoms with Crippen molar-refractivity contribution in [3.8, 4) is 0 Å². The second-order valence-corrected chi connectivity index (χ2v) is 7.94. The smallest absolute Gasteiger partial charge is 0.338 e. The molecule has 0 saturated carbocycles. The Kier molecular flexibility index (Phi) is 7.12. The molecule has 0 heterocycles. The van der Waals surface area contributed by atoms with Gasteiger partial charge in [0.25, 0.3) is 15.9 Å². The number of anilines is 1. The Balaban J connectivity index is 1.97. The molecule has 0 aliphatic heterocycles. The summed E-state index contributed by atoms with van der Waals surface area (Å²) in [6.07, 6.45) is 0. The number of carbonyl (C=O) groups is 3. The normalized spacial score (nSPS) is 10.6. The summed E-state index contributed by atoms with van der Waals surface area (Å²) >= 11 is 3.23. The first-order valence-electron chi connectivity index (χ1n) is 7.78. The number of sulfonamides is 1. The van der Waals surface area contributed by atoms with Crippen LogP contribution in [0.5, 0.6) is 0 Å². The third kappa shape index (κ3) is 6.06. The Morgan fingerprint density at radius 1 is 1.00 bits per heavy atom. The number of esters is 1. The topological polar surface area (TPSA) is 131 Å². The van der Waals surface area contributed by atoms with Crippen LogP contribution < -0.4 is 15.4 Å². The molecule has 9 nitrogen and oxygen atoms in total. The van der Waals surface area contributed by atoms with Gasteiger partial charge < -0.3 is 10.1 Å². The molecule has 3 N–H and O–H groups in total. The van der Waals surface area contributed by atoms with Crippen molar-refractivity contribution in [2.45, 2.75) is 4.90 Å². The van der Waals surface area contributed by atoms with Crippen LogP contribution in [0.25, 0.3) is 0 Å². The van der Waals surface area contributed by atoms with E-state index >= 15 is 0 Å². The van der Waals surface area contributed by atoms with Gasteiger partial charge in [-0.2, -0.15) is 0 Å². The third-order valence-electron chi connectivity index (χ3n) is 3.31. The molecule has 0 spiro atoms. The lowest BCUT2D eigenvalue weighted by Gasteiger charge is -2.09. The number of halogens is 1. The van der Waals surface area contributed by atoms with Gasteiger partial charge in [0, 0.05) is 17.2 Å². The van der Waals surface area contributed by atoms with E-state index < -0.39 is 34.5 Å². The predicted octanol–water partition coefficient (Wildman–Crippen LogP) is 1.86. The van der Waals surface area contributed by atoms with Gasteiger partial charge in [0.2, 0.25) is 0 Å². The van der Waals surface area contributed by atoms with Crippen molar-refractivity contribution in [2.24, 2.45) is 0 Å². The highest BCUT2D eigenvalue weighted by atomic mass is 79.9. The summed E-state index contributed by atoms with van der Waals surface area (Å²) < 4.78 is 32.6. The van der Waals surface area contributed by atoms with Gasteiger partial charge in [0.15, 0.2) is 6.61 Å². The van der Waals surface area contributed by atoms with E-state index in [0.717, 1.165) is 4.47 Å². The van der Waals surface area contributed by atoms with Crippen molar-refractivity contribution in [2.75, 3.05) is 18.4 Å². The first kappa shape index (κ1) is 21.4. The molecular formula is C17H16BrN3O6S. The second-order valence-electron chi connectivity index (χ2n) is 5.34. The number of benzene rings is 2. The van der Waals surface area contributed by atoms with Crippen LogP contribution in [0.15, 0.2) is 57.9 Å². The molecule has 0 aromatic heterocycles. The minimum atomic E-state index is -3.78. The van der Waals surface area contributed by atoms with E-state index in [4.69, 9.17) is 4.74 Å². The molecule has 148 valence electrons. The summed E-state index contributed by atoms with van der Waals surface area (Å²) in [6, 6.07) is 10.8. The highest BCUT2D eigenvalue weighted by Crippen LogP contribution is 2.19. The molecule has 2 aromatic carbocycles. The van der Waals surface area contributed by atoms with E-state index in [0.29, 0.717) is 0 Å². The zero-order valence-electron chi connectivity index (χ0n) is 14.6. The number of rotatable bonds is 6. The van der Waals surface area contributed by atoms with Gasteiger partial charge in [-0.1, -0.05) is 15.9 Å². The Morgan fingerprint density at radius 3 is 2.18 bits per heavy atom. The van der Waals surface area contributed by atoms with E-state index in [-0.39, 0.29) is 16.1 Å². The van der Waals surface area contributed by atoms with Gasteiger partial charge >= 0.3 is 12.0 Å². The first-order valence-corrected chi connectivity index (χ1v) is 10.1. The largest absolute Gasteiger partial charge is 0.452 e. The number of urea groups is 1. The molecule has 0 aliphatic rings. The van der Waals surface area contributed by atoms with Gasteiger partial charge in [0.1, 0.15) is 0 Å². The molecule has 0 fully saturated rings. The summed E-state index contributed by atoms with van der Waals surface area (Å²) in [7, 11) is -2.44. The standard InChI is InChI=1S/C17H16BrN3O6S/c1-19-17(24)20-15(22)10-27-16(23)11-2-6-13(7-3-11)21-28(25,26)14-8-4-12(18)5-9-14/h2-9,21H,10H2,1H3,(H2,19,20,22,24). The van der Waals surface area contributed by atoms with Gasteiger partial charge in [-0.25, -0.2) is 18.0 Å². The maximum absolute atomic E-state index is 12.3. The van der Waals surface area contributed by atoms with Crippen LogP contribution in [0.1, 0.15) is 10.4 Å². The lowest BCUT2D eigenvalue weighted by atomic mass is 10.2. The van der Waals surface area contributed by atoms with Crippen molar-refractivity contribution in [3.05, 3.63) is 58.6 Å². The van der Waals surface area contributed by atoms with E-state index in [9.17, 15) is 22.8 Å². The number of imide groups is 1. The summed E-state index contributed by atoms with van der Waals surface area (Å²) in [6.45, 7) is -0.635. The van der Waals surface area contributed by atoms with E-state index in [1.54, 1.807) is 12.1 Å². The molecule has 0 aliphatic carbocycles. The molecule has 0 bridgehead atoms. The average Bonchev–Trinajstić information content (AvgIpc) is 2.66. The monoisotopic (exact) mass is 469 g/mol. The minimum Gasteiger partial charge on any atom is -0.452 e. The zero-order chi connectivity index (χ0) is 20.7. The van der Waals surface area contributed by atoms with Gasteiger partial charge in [0.05, 0.1) is 10.5 Å². The van der Waals surface area contributed by atoms with Crippen molar-refractivity contribution < 1.29 is 27.5 Å². The Bertz CT molecular complexity index is 975. The maximum atomic E-state index is 12.3. The number of nitrogens with one attached hydrogen (secondary N) is 3. The molecule has 0 atom stereocenters. The van der Waals surface area contributed by atoms with Crippen LogP contribution in [0.2, 0.25) is 0 Å². The van der Waals surface area contributed by atoms with Crippen LogP contribution in [0.3, 0.4) is 0 Å². The van der Waals surface area contributed by atoms with Crippen LogP contribution in [0.4, 0.5) is 10.5 Å². The molecule has 2 rings (SSSR count). The molecule has 2 aromatic rings. The molecule has 0 radical (unpaired) electrons. The molecule has 0 saturated heterocycles. The first-order chi connectivity index (χ1) is 13.2. The number of ether oxygens (including phenoxy) is 1. The number of carbonyl (C=O) groups excluding carboxylic acids is 3. The lowest BCUT2D eigenvalue weighted by Crippen LogP contribution is -2.39. The second kappa shape index (κ2) is 9.33. The van der Waals surface area contributed by atoms with E-state index in [1.165, 1.54) is 43.4 Å². The molecular weight excluding hydrogens is 454 g/mol. The van der Waals surface area contributed by atoms with Crippen LogP contribution in [-0.4, -0.2) is 40.0 Å². The maximum Gasteiger partial charge on any atom is 0.338 e. The molecule has 0 unspecified atom stereocenters. The Labute approximate surface area is 169 Å². The van der Waals surface area contributed by atoms with Crippen LogP contribution >= 0.6 is 15.9 Å². The van der Waals surface area contributed by atoms with E-state index in [2.05, 4.69) is 26.0 Å². The number of amides is 3. The van der Waals surface area contributed by atoms with Crippen LogP contribution in [0, 0.1) is 0 Å². The molecule has 11 heteroatoms. The van der Waals surface area contributed by atoms with Crippen molar-refractivity contribution >= 4 is 49.5 Å². The summed E-state index contributed by atoms with van der Waals surface area (Å²) in [5.41, 5.74) is 0.358. The number of hydrogen-bond acceptors (Lipinski definition) is 6. The molecule has 28 heavy (non-hydrogen) atoms. The highest BCUT2D eigenvalue weighted by molar-refractivity contribution is 9.10. The van der Waals surface area contributed by atoms with Crippen molar-refractivity contribution in [1.29, 1.82) is 0 Å². The summed E-state index contributed by atoms with van der Waals surface area (Å²) in [4.78, 5) is 34.3. The van der Waals surface area contributed by atoms with Gasteiger partial charge in [-0.15, -0.1) is 0 Å².